The number of nitrogens with zero attached hydrogens (tertiary/aromatic N) is 2. The Bertz CT molecular complexity index is 525. The van der Waals surface area contributed by atoms with Crippen molar-refractivity contribution in [2.24, 2.45) is 0 Å². The third-order valence-corrected chi connectivity index (χ3v) is 3.99. The van der Waals surface area contributed by atoms with Crippen LogP contribution >= 0.6 is 15.9 Å². The van der Waals surface area contributed by atoms with E-state index in [1.807, 2.05) is 19.1 Å². The fraction of sp³-hybridized carbons (Fsp3) is 0.500. The molecule has 116 valence electrons. The molecule has 1 fully saturated rings. The average molecular weight is 365 g/mol. The van der Waals surface area contributed by atoms with Gasteiger partial charge >= 0.3 is 6.18 Å². The van der Waals surface area contributed by atoms with Crippen LogP contribution in [-0.4, -0.2) is 54.6 Å². The van der Waals surface area contributed by atoms with Crippen LogP contribution in [-0.2, 0) is 0 Å². The number of piperazine rings is 1. The first-order valence-electron chi connectivity index (χ1n) is 6.61. The van der Waals surface area contributed by atoms with E-state index in [1.165, 1.54) is 4.90 Å². The minimum atomic E-state index is -4.19. The summed E-state index contributed by atoms with van der Waals surface area (Å²) < 4.78 is 37.8. The third kappa shape index (κ3) is 4.44. The summed E-state index contributed by atoms with van der Waals surface area (Å²) in [6.07, 6.45) is -4.19. The van der Waals surface area contributed by atoms with E-state index in [-0.39, 0.29) is 19.0 Å². The Hall–Kier alpha value is -1.08. The van der Waals surface area contributed by atoms with E-state index in [1.54, 1.807) is 11.0 Å². The molecule has 1 heterocycles. The van der Waals surface area contributed by atoms with Crippen molar-refractivity contribution >= 4 is 21.8 Å². The molecular weight excluding hydrogens is 349 g/mol. The van der Waals surface area contributed by atoms with Crippen molar-refractivity contribution in [2.45, 2.75) is 13.1 Å². The van der Waals surface area contributed by atoms with Crippen molar-refractivity contribution in [2.75, 3.05) is 32.7 Å². The number of hydrogen-bond donors (Lipinski definition) is 0. The van der Waals surface area contributed by atoms with E-state index < -0.39 is 12.7 Å². The standard InChI is InChI=1S/C14H16BrF3N2O/c1-10-2-3-11(15)8-12(10)13(21)20-6-4-19(5-7-20)9-14(16,17)18/h2-3,8H,4-7,9H2,1H3. The second-order valence-corrected chi connectivity index (χ2v) is 6.06. The van der Waals surface area contributed by atoms with Crippen LogP contribution in [0.4, 0.5) is 13.2 Å². The molecule has 1 amide bonds. The van der Waals surface area contributed by atoms with Crippen molar-refractivity contribution in [3.8, 4) is 0 Å². The first-order chi connectivity index (χ1) is 9.76. The fourth-order valence-electron chi connectivity index (χ4n) is 2.36. The van der Waals surface area contributed by atoms with Gasteiger partial charge in [-0.3, -0.25) is 9.69 Å². The number of halogens is 4. The quantitative estimate of drug-likeness (QED) is 0.804. The number of alkyl halides is 3. The number of benzene rings is 1. The van der Waals surface area contributed by atoms with E-state index in [0.29, 0.717) is 18.7 Å². The monoisotopic (exact) mass is 364 g/mol. The van der Waals surface area contributed by atoms with Gasteiger partial charge in [0.05, 0.1) is 6.54 Å². The van der Waals surface area contributed by atoms with Gasteiger partial charge in [-0.1, -0.05) is 22.0 Å². The Morgan fingerprint density at radius 3 is 2.43 bits per heavy atom. The number of carbonyl (C=O) groups is 1. The van der Waals surface area contributed by atoms with Crippen LogP contribution in [0.1, 0.15) is 15.9 Å². The summed E-state index contributed by atoms with van der Waals surface area (Å²) in [5, 5.41) is 0. The van der Waals surface area contributed by atoms with Gasteiger partial charge in [0, 0.05) is 36.2 Å². The molecule has 2 rings (SSSR count). The van der Waals surface area contributed by atoms with Gasteiger partial charge in [0.2, 0.25) is 0 Å². The Labute approximate surface area is 129 Å². The molecule has 0 saturated carbocycles. The first-order valence-corrected chi connectivity index (χ1v) is 7.40. The molecule has 1 saturated heterocycles. The fourth-order valence-corrected chi connectivity index (χ4v) is 2.72. The molecular formula is C14H16BrF3N2O. The molecule has 7 heteroatoms. The van der Waals surface area contributed by atoms with Crippen LogP contribution in [0.5, 0.6) is 0 Å². The average Bonchev–Trinajstić information content (AvgIpc) is 2.40. The second kappa shape index (κ2) is 6.36. The maximum absolute atomic E-state index is 12.4. The van der Waals surface area contributed by atoms with Crippen molar-refractivity contribution in [1.82, 2.24) is 9.80 Å². The molecule has 1 aromatic rings. The minimum Gasteiger partial charge on any atom is -0.336 e. The van der Waals surface area contributed by atoms with Gasteiger partial charge in [-0.25, -0.2) is 0 Å². The topological polar surface area (TPSA) is 23.6 Å². The number of amides is 1. The highest BCUT2D eigenvalue weighted by Crippen LogP contribution is 2.20. The van der Waals surface area contributed by atoms with Crippen LogP contribution in [0.2, 0.25) is 0 Å². The van der Waals surface area contributed by atoms with E-state index in [2.05, 4.69) is 15.9 Å². The summed E-state index contributed by atoms with van der Waals surface area (Å²) in [6.45, 7) is 2.07. The summed E-state index contributed by atoms with van der Waals surface area (Å²) >= 11 is 3.33. The van der Waals surface area contributed by atoms with Crippen molar-refractivity contribution in [3.05, 3.63) is 33.8 Å². The Morgan fingerprint density at radius 2 is 1.86 bits per heavy atom. The maximum atomic E-state index is 12.4. The van der Waals surface area contributed by atoms with Crippen LogP contribution in [0.3, 0.4) is 0 Å². The highest BCUT2D eigenvalue weighted by Gasteiger charge is 2.33. The molecule has 1 aliphatic rings. The Kier molecular flexibility index (Phi) is 4.93. The summed E-state index contributed by atoms with van der Waals surface area (Å²) in [7, 11) is 0. The lowest BCUT2D eigenvalue weighted by Gasteiger charge is -2.35. The zero-order chi connectivity index (χ0) is 15.6. The normalized spacial score (nSPS) is 17.1. The van der Waals surface area contributed by atoms with Crippen LogP contribution < -0.4 is 0 Å². The SMILES string of the molecule is Cc1ccc(Br)cc1C(=O)N1CCN(CC(F)(F)F)CC1. The van der Waals surface area contributed by atoms with E-state index in [4.69, 9.17) is 0 Å². The molecule has 21 heavy (non-hydrogen) atoms. The molecule has 0 radical (unpaired) electrons. The lowest BCUT2D eigenvalue weighted by Crippen LogP contribution is -2.51. The van der Waals surface area contributed by atoms with E-state index >= 15 is 0 Å². The van der Waals surface area contributed by atoms with Crippen molar-refractivity contribution in [3.63, 3.8) is 0 Å². The van der Waals surface area contributed by atoms with Gasteiger partial charge in [0.25, 0.3) is 5.91 Å². The third-order valence-electron chi connectivity index (χ3n) is 3.49. The second-order valence-electron chi connectivity index (χ2n) is 5.14. The zero-order valence-corrected chi connectivity index (χ0v) is 13.2. The van der Waals surface area contributed by atoms with Crippen LogP contribution in [0, 0.1) is 6.92 Å². The first kappa shape index (κ1) is 16.3. The van der Waals surface area contributed by atoms with Crippen molar-refractivity contribution in [1.29, 1.82) is 0 Å². The number of carbonyl (C=O) groups excluding carboxylic acids is 1. The van der Waals surface area contributed by atoms with Gasteiger partial charge in [-0.15, -0.1) is 0 Å². The maximum Gasteiger partial charge on any atom is 0.401 e. The van der Waals surface area contributed by atoms with Gasteiger partial charge < -0.3 is 4.90 Å². The zero-order valence-electron chi connectivity index (χ0n) is 11.6. The molecule has 0 aromatic heterocycles. The number of aryl methyl sites for hydroxylation is 1. The predicted octanol–water partition coefficient (Wildman–Crippen LogP) is 3.08. The van der Waals surface area contributed by atoms with Gasteiger partial charge in [0.15, 0.2) is 0 Å². The largest absolute Gasteiger partial charge is 0.401 e. The number of hydrogen-bond acceptors (Lipinski definition) is 2. The molecule has 1 aliphatic heterocycles. The Balaban J connectivity index is 1.99. The summed E-state index contributed by atoms with van der Waals surface area (Å²) in [6, 6.07) is 5.45. The smallest absolute Gasteiger partial charge is 0.336 e. The Morgan fingerprint density at radius 1 is 1.24 bits per heavy atom. The van der Waals surface area contributed by atoms with Gasteiger partial charge in [-0.2, -0.15) is 13.2 Å². The molecule has 0 atom stereocenters. The van der Waals surface area contributed by atoms with E-state index in [9.17, 15) is 18.0 Å². The molecule has 0 bridgehead atoms. The van der Waals surface area contributed by atoms with Crippen molar-refractivity contribution < 1.29 is 18.0 Å². The molecule has 0 N–H and O–H groups in total. The van der Waals surface area contributed by atoms with Gasteiger partial charge in [-0.05, 0) is 24.6 Å². The van der Waals surface area contributed by atoms with Crippen LogP contribution in [0.15, 0.2) is 22.7 Å². The van der Waals surface area contributed by atoms with Crippen LogP contribution in [0.25, 0.3) is 0 Å². The lowest BCUT2D eigenvalue weighted by molar-refractivity contribution is -0.148. The summed E-state index contributed by atoms with van der Waals surface area (Å²) in [5.41, 5.74) is 1.45. The molecule has 0 aliphatic carbocycles. The van der Waals surface area contributed by atoms with Gasteiger partial charge in [0.1, 0.15) is 0 Å². The minimum absolute atomic E-state index is 0.125. The number of rotatable bonds is 2. The summed E-state index contributed by atoms with van der Waals surface area (Å²) in [5.74, 6) is -0.125. The van der Waals surface area contributed by atoms with E-state index in [0.717, 1.165) is 10.0 Å². The molecule has 0 spiro atoms. The highest BCUT2D eigenvalue weighted by atomic mass is 79.9. The molecule has 3 nitrogen and oxygen atoms in total. The molecule has 1 aromatic carbocycles. The highest BCUT2D eigenvalue weighted by molar-refractivity contribution is 9.10. The predicted molar refractivity (Wildman–Crippen MR) is 77.3 cm³/mol. The lowest BCUT2D eigenvalue weighted by atomic mass is 10.1. The molecule has 0 unspecified atom stereocenters. The summed E-state index contributed by atoms with van der Waals surface area (Å²) in [4.78, 5) is 15.4.